The van der Waals surface area contributed by atoms with Crippen molar-refractivity contribution in [2.24, 2.45) is 0 Å². The summed E-state index contributed by atoms with van der Waals surface area (Å²) in [6.07, 6.45) is 1.42. The van der Waals surface area contributed by atoms with Crippen molar-refractivity contribution in [3.8, 4) is 5.75 Å². The molecular weight excluding hydrogens is 454 g/mol. The SMILES string of the molecule is CCOc1ccc(Cl)c(/C(O)=C2\C(=O)C(=O)N(c3cc(F)ccc3F)C2c2ccccn2)c1. The lowest BCUT2D eigenvalue weighted by molar-refractivity contribution is -0.132. The van der Waals surface area contributed by atoms with Gasteiger partial charge in [0.2, 0.25) is 0 Å². The smallest absolute Gasteiger partial charge is 0.300 e. The highest BCUT2D eigenvalue weighted by atomic mass is 35.5. The molecule has 1 N–H and O–H groups in total. The summed E-state index contributed by atoms with van der Waals surface area (Å²) >= 11 is 6.26. The van der Waals surface area contributed by atoms with Crippen molar-refractivity contribution >= 4 is 34.7 Å². The summed E-state index contributed by atoms with van der Waals surface area (Å²) in [6, 6.07) is 10.4. The predicted molar refractivity (Wildman–Crippen MR) is 118 cm³/mol. The van der Waals surface area contributed by atoms with Crippen LogP contribution in [-0.4, -0.2) is 28.4 Å². The van der Waals surface area contributed by atoms with Crippen molar-refractivity contribution in [2.45, 2.75) is 13.0 Å². The van der Waals surface area contributed by atoms with Crippen molar-refractivity contribution < 1.29 is 28.2 Å². The number of anilines is 1. The number of amides is 1. The second-order valence-electron chi connectivity index (χ2n) is 7.09. The number of nitrogens with zero attached hydrogens (tertiary/aromatic N) is 2. The molecule has 1 aliphatic rings. The van der Waals surface area contributed by atoms with E-state index in [0.717, 1.165) is 23.1 Å². The van der Waals surface area contributed by atoms with Gasteiger partial charge in [-0.15, -0.1) is 0 Å². The number of Topliss-reactive ketones (excluding diaryl/α,β-unsaturated/α-hetero) is 1. The number of aliphatic hydroxyl groups is 1. The van der Waals surface area contributed by atoms with Crippen molar-refractivity contribution in [1.82, 2.24) is 4.98 Å². The topological polar surface area (TPSA) is 79.7 Å². The number of aromatic nitrogens is 1. The number of ether oxygens (including phenoxy) is 1. The Hall–Kier alpha value is -3.78. The van der Waals surface area contributed by atoms with Gasteiger partial charge in [0.25, 0.3) is 11.7 Å². The Morgan fingerprint density at radius 3 is 2.64 bits per heavy atom. The lowest BCUT2D eigenvalue weighted by atomic mass is 9.98. The predicted octanol–water partition coefficient (Wildman–Crippen LogP) is 5.04. The van der Waals surface area contributed by atoms with Crippen LogP contribution in [0.5, 0.6) is 5.75 Å². The molecule has 1 saturated heterocycles. The van der Waals surface area contributed by atoms with Crippen LogP contribution in [0, 0.1) is 11.6 Å². The van der Waals surface area contributed by atoms with Crippen molar-refractivity contribution in [3.63, 3.8) is 0 Å². The van der Waals surface area contributed by atoms with Crippen LogP contribution in [-0.2, 0) is 9.59 Å². The quantitative estimate of drug-likeness (QED) is 0.321. The number of hydrogen-bond acceptors (Lipinski definition) is 5. The molecule has 1 aromatic heterocycles. The first kappa shape index (κ1) is 22.4. The summed E-state index contributed by atoms with van der Waals surface area (Å²) in [6.45, 7) is 2.12. The van der Waals surface area contributed by atoms with Gasteiger partial charge in [-0.3, -0.25) is 19.5 Å². The molecule has 168 valence electrons. The lowest BCUT2D eigenvalue weighted by Gasteiger charge is -2.25. The first-order valence-electron chi connectivity index (χ1n) is 9.93. The van der Waals surface area contributed by atoms with Crippen molar-refractivity contribution in [3.05, 3.63) is 94.3 Å². The maximum atomic E-state index is 14.7. The molecule has 1 amide bonds. The number of hydrogen-bond donors (Lipinski definition) is 1. The second kappa shape index (κ2) is 8.99. The van der Waals surface area contributed by atoms with E-state index in [-0.39, 0.29) is 21.9 Å². The molecule has 6 nitrogen and oxygen atoms in total. The number of ketones is 1. The molecule has 1 unspecified atom stereocenters. The third kappa shape index (κ3) is 4.05. The molecule has 1 aliphatic heterocycles. The summed E-state index contributed by atoms with van der Waals surface area (Å²) in [7, 11) is 0. The third-order valence-electron chi connectivity index (χ3n) is 5.08. The molecule has 1 fully saturated rings. The summed E-state index contributed by atoms with van der Waals surface area (Å²) in [5, 5.41) is 11.2. The number of benzene rings is 2. The summed E-state index contributed by atoms with van der Waals surface area (Å²) in [4.78, 5) is 31.1. The Bertz CT molecular complexity index is 1280. The molecule has 9 heteroatoms. The number of carbonyl (C=O) groups excluding carboxylic acids is 2. The summed E-state index contributed by atoms with van der Waals surface area (Å²) < 4.78 is 34.0. The number of pyridine rings is 1. The van der Waals surface area contributed by atoms with E-state index in [1.165, 1.54) is 24.4 Å². The average molecular weight is 471 g/mol. The van der Waals surface area contributed by atoms with E-state index in [9.17, 15) is 23.5 Å². The van der Waals surface area contributed by atoms with Gasteiger partial charge < -0.3 is 9.84 Å². The minimum absolute atomic E-state index is 0.0428. The van der Waals surface area contributed by atoms with Gasteiger partial charge >= 0.3 is 0 Å². The molecule has 3 aromatic rings. The Morgan fingerprint density at radius 1 is 1.15 bits per heavy atom. The molecule has 2 heterocycles. The Kier molecular flexibility index (Phi) is 6.11. The second-order valence-corrected chi connectivity index (χ2v) is 7.50. The first-order chi connectivity index (χ1) is 15.8. The van der Waals surface area contributed by atoms with Crippen LogP contribution in [0.2, 0.25) is 5.02 Å². The molecule has 33 heavy (non-hydrogen) atoms. The van der Waals surface area contributed by atoms with Crippen LogP contribution in [0.25, 0.3) is 5.76 Å². The van der Waals surface area contributed by atoms with Crippen molar-refractivity contribution in [1.29, 1.82) is 0 Å². The van der Waals surface area contributed by atoms with E-state index >= 15 is 0 Å². The molecule has 0 bridgehead atoms. The van der Waals surface area contributed by atoms with Gasteiger partial charge in [0, 0.05) is 17.8 Å². The number of aliphatic hydroxyl groups excluding tert-OH is 1. The van der Waals surface area contributed by atoms with Gasteiger partial charge in [0.05, 0.1) is 28.6 Å². The Labute approximate surface area is 192 Å². The number of carbonyl (C=O) groups is 2. The van der Waals surface area contributed by atoms with Crippen LogP contribution in [0.1, 0.15) is 24.2 Å². The number of rotatable bonds is 5. The molecule has 0 aliphatic carbocycles. The highest BCUT2D eigenvalue weighted by Crippen LogP contribution is 2.43. The summed E-state index contributed by atoms with van der Waals surface area (Å²) in [5.74, 6) is -4.17. The maximum absolute atomic E-state index is 14.7. The van der Waals surface area contributed by atoms with E-state index in [2.05, 4.69) is 4.98 Å². The van der Waals surface area contributed by atoms with Crippen LogP contribution < -0.4 is 9.64 Å². The fourth-order valence-electron chi connectivity index (χ4n) is 3.66. The monoisotopic (exact) mass is 470 g/mol. The van der Waals surface area contributed by atoms with Crippen LogP contribution in [0.15, 0.2) is 66.4 Å². The third-order valence-corrected chi connectivity index (χ3v) is 5.41. The van der Waals surface area contributed by atoms with Gasteiger partial charge in [-0.2, -0.15) is 0 Å². The minimum atomic E-state index is -1.32. The van der Waals surface area contributed by atoms with Crippen molar-refractivity contribution in [2.75, 3.05) is 11.5 Å². The van der Waals surface area contributed by atoms with E-state index in [1.54, 1.807) is 25.1 Å². The largest absolute Gasteiger partial charge is 0.507 e. The van der Waals surface area contributed by atoms with Gasteiger partial charge in [-0.05, 0) is 49.4 Å². The lowest BCUT2D eigenvalue weighted by Crippen LogP contribution is -2.30. The molecular formula is C24H17ClF2N2O4. The molecule has 1 atom stereocenters. The van der Waals surface area contributed by atoms with Gasteiger partial charge in [-0.1, -0.05) is 17.7 Å². The van der Waals surface area contributed by atoms with Gasteiger partial charge in [0.1, 0.15) is 29.2 Å². The molecule has 2 aromatic carbocycles. The van der Waals surface area contributed by atoms with Crippen LogP contribution in [0.3, 0.4) is 0 Å². The summed E-state index contributed by atoms with van der Waals surface area (Å²) in [5.41, 5.74) is -0.612. The molecule has 4 rings (SSSR count). The standard InChI is InChI=1S/C24H17ClF2N2O4/c1-2-33-14-7-8-16(25)15(12-14)22(30)20-21(18-5-3-4-10-28-18)29(24(32)23(20)31)19-11-13(26)6-9-17(19)27/h3-12,21,30H,2H2,1H3/b22-20+. The van der Waals surface area contributed by atoms with Gasteiger partial charge in [-0.25, -0.2) is 8.78 Å². The van der Waals surface area contributed by atoms with Gasteiger partial charge in [0.15, 0.2) is 0 Å². The highest BCUT2D eigenvalue weighted by molar-refractivity contribution is 6.52. The maximum Gasteiger partial charge on any atom is 0.300 e. The zero-order valence-corrected chi connectivity index (χ0v) is 18.0. The minimum Gasteiger partial charge on any atom is -0.507 e. The first-order valence-corrected chi connectivity index (χ1v) is 10.3. The van der Waals surface area contributed by atoms with E-state index in [0.29, 0.717) is 12.4 Å². The Morgan fingerprint density at radius 2 is 1.94 bits per heavy atom. The molecule has 0 spiro atoms. The normalized spacial score (nSPS) is 17.5. The zero-order chi connectivity index (χ0) is 23.7. The average Bonchev–Trinajstić information content (AvgIpc) is 3.07. The Balaban J connectivity index is 1.98. The van der Waals surface area contributed by atoms with Crippen LogP contribution in [0.4, 0.5) is 14.5 Å². The zero-order valence-electron chi connectivity index (χ0n) is 17.3. The number of halogens is 3. The van der Waals surface area contributed by atoms with E-state index in [4.69, 9.17) is 16.3 Å². The molecule has 0 radical (unpaired) electrons. The van der Waals surface area contributed by atoms with Crippen LogP contribution >= 0.6 is 11.6 Å². The fourth-order valence-corrected chi connectivity index (χ4v) is 3.86. The fraction of sp³-hybridized carbons (Fsp3) is 0.125. The van der Waals surface area contributed by atoms with E-state index < -0.39 is 40.8 Å². The van der Waals surface area contributed by atoms with E-state index in [1.807, 2.05) is 0 Å². The highest BCUT2D eigenvalue weighted by Gasteiger charge is 2.48. The molecule has 0 saturated carbocycles.